The van der Waals surface area contributed by atoms with Crippen LogP contribution in [0.3, 0.4) is 0 Å². The van der Waals surface area contributed by atoms with Gasteiger partial charge in [0.1, 0.15) is 5.78 Å². The van der Waals surface area contributed by atoms with Crippen LogP contribution in [-0.4, -0.2) is 32.3 Å². The van der Waals surface area contributed by atoms with Gasteiger partial charge in [0.25, 0.3) is 0 Å². The van der Waals surface area contributed by atoms with Crippen LogP contribution in [0.15, 0.2) is 5.10 Å². The first-order valence-electron chi connectivity index (χ1n) is 6.34. The molecule has 100 valence electrons. The molecule has 0 aliphatic rings. The molecule has 0 unspecified atom stereocenters. The van der Waals surface area contributed by atoms with E-state index in [-0.39, 0.29) is 5.78 Å². The highest BCUT2D eigenvalue weighted by atomic mass is 28.4. The van der Waals surface area contributed by atoms with Gasteiger partial charge in [-0.2, -0.15) is 0 Å². The lowest BCUT2D eigenvalue weighted by Gasteiger charge is -2.41. The fourth-order valence-corrected chi connectivity index (χ4v) is 10.9. The molecule has 0 N–H and O–H groups in total. The minimum atomic E-state index is -1.45. The Morgan fingerprint density at radius 3 is 1.76 bits per heavy atom. The van der Waals surface area contributed by atoms with Crippen molar-refractivity contribution in [2.75, 3.05) is 0 Å². The van der Waals surface area contributed by atoms with Gasteiger partial charge < -0.3 is 4.34 Å². The maximum Gasteiger partial charge on any atom is 0.158 e. The van der Waals surface area contributed by atoms with E-state index in [2.05, 4.69) is 43.6 Å². The monoisotopic (exact) mass is 272 g/mol. The number of carbonyl (C=O) groups is 1. The number of rotatable bonds is 6. The van der Waals surface area contributed by atoms with Crippen molar-refractivity contribution in [3.05, 3.63) is 0 Å². The number of Topliss-reactive ketones (excluding diaryl/α,β-unsaturated/α-hetero) is 1. The Kier molecular flexibility index (Phi) is 5.80. The summed E-state index contributed by atoms with van der Waals surface area (Å²) < 4.78 is 2.36. The van der Waals surface area contributed by atoms with E-state index >= 15 is 0 Å². The van der Waals surface area contributed by atoms with E-state index < -0.39 is 16.5 Å². The van der Waals surface area contributed by atoms with E-state index in [1.165, 1.54) is 0 Å². The van der Waals surface area contributed by atoms with Crippen LogP contribution in [0.25, 0.3) is 0 Å². The van der Waals surface area contributed by atoms with E-state index in [4.69, 9.17) is 5.10 Å². The van der Waals surface area contributed by atoms with Gasteiger partial charge in [0.05, 0.1) is 0 Å². The molecule has 17 heavy (non-hydrogen) atoms. The van der Waals surface area contributed by atoms with Crippen LogP contribution in [0.4, 0.5) is 0 Å². The van der Waals surface area contributed by atoms with Crippen LogP contribution in [0.2, 0.25) is 39.3 Å². The summed E-state index contributed by atoms with van der Waals surface area (Å²) in [6.45, 7) is 17.7. The lowest BCUT2D eigenvalue weighted by molar-refractivity contribution is -0.117. The van der Waals surface area contributed by atoms with Gasteiger partial charge >= 0.3 is 0 Å². The third-order valence-corrected chi connectivity index (χ3v) is 9.16. The lowest BCUT2D eigenvalue weighted by atomic mass is 10.2. The largest absolute Gasteiger partial charge is 0.350 e. The van der Waals surface area contributed by atoms with E-state index in [1.54, 1.807) is 0 Å². The van der Waals surface area contributed by atoms with Crippen molar-refractivity contribution in [3.8, 4) is 0 Å². The fourth-order valence-electron chi connectivity index (χ4n) is 1.92. The van der Waals surface area contributed by atoms with Crippen LogP contribution in [-0.2, 0) is 4.79 Å². The van der Waals surface area contributed by atoms with Crippen molar-refractivity contribution in [2.45, 2.75) is 66.0 Å². The quantitative estimate of drug-likeness (QED) is 0.419. The molecule has 0 heterocycles. The topological polar surface area (TPSA) is 32.7 Å². The van der Waals surface area contributed by atoms with Gasteiger partial charge in [-0.1, -0.05) is 46.2 Å². The average Bonchev–Trinajstić information content (AvgIpc) is 2.10. The summed E-state index contributed by atoms with van der Waals surface area (Å²) >= 11 is 0. The predicted molar refractivity (Wildman–Crippen MR) is 81.6 cm³/mol. The van der Waals surface area contributed by atoms with Crippen molar-refractivity contribution in [1.82, 2.24) is 4.34 Å². The number of ketones is 1. The predicted octanol–water partition coefficient (Wildman–Crippen LogP) is 3.70. The number of hydrazone groups is 1. The van der Waals surface area contributed by atoms with Gasteiger partial charge in [0, 0.05) is 18.6 Å². The highest BCUT2D eigenvalue weighted by Crippen LogP contribution is 2.20. The van der Waals surface area contributed by atoms with E-state index in [0.29, 0.717) is 12.8 Å². The van der Waals surface area contributed by atoms with E-state index in [9.17, 15) is 4.79 Å². The molecule has 0 saturated carbocycles. The first kappa shape index (κ1) is 16.6. The second-order valence-corrected chi connectivity index (χ2v) is 16.5. The Morgan fingerprint density at radius 2 is 1.47 bits per heavy atom. The summed E-state index contributed by atoms with van der Waals surface area (Å²) in [7, 11) is -2.90. The van der Waals surface area contributed by atoms with Crippen LogP contribution < -0.4 is 0 Å². The zero-order chi connectivity index (χ0) is 13.9. The number of hydrogen-bond donors (Lipinski definition) is 0. The Hall–Kier alpha value is -0.426. The minimum absolute atomic E-state index is 0.275. The van der Waals surface area contributed by atoms with Gasteiger partial charge in [-0.25, -0.2) is 5.10 Å². The summed E-state index contributed by atoms with van der Waals surface area (Å²) in [5, 5.41) is 4.76. The van der Waals surface area contributed by atoms with Crippen molar-refractivity contribution in [1.29, 1.82) is 0 Å². The van der Waals surface area contributed by atoms with Crippen LogP contribution in [0.1, 0.15) is 26.7 Å². The molecule has 0 radical (unpaired) electrons. The summed E-state index contributed by atoms with van der Waals surface area (Å²) in [5.41, 5.74) is 0.960. The Bertz CT molecular complexity index is 287. The molecule has 0 bridgehead atoms. The molecule has 0 aliphatic carbocycles. The number of carbonyl (C=O) groups excluding carboxylic acids is 1. The molecule has 0 saturated heterocycles. The Labute approximate surface area is 108 Å². The van der Waals surface area contributed by atoms with Crippen LogP contribution >= 0.6 is 0 Å². The third kappa shape index (κ3) is 6.17. The van der Waals surface area contributed by atoms with Crippen LogP contribution in [0.5, 0.6) is 0 Å². The zero-order valence-corrected chi connectivity index (χ0v) is 14.7. The molecule has 0 aromatic heterocycles. The number of nitrogens with zero attached hydrogens (tertiary/aromatic N) is 2. The van der Waals surface area contributed by atoms with Gasteiger partial charge in [0.15, 0.2) is 16.5 Å². The van der Waals surface area contributed by atoms with Crippen molar-refractivity contribution < 1.29 is 4.79 Å². The standard InChI is InChI=1S/C12H28N2OSi2/c1-9-12(15)10-11(2)13-14(16(3,4)5)17(6,7)8/h9-10H2,1-8H3/b13-11+. The first-order chi connectivity index (χ1) is 7.48. The fraction of sp³-hybridized carbons (Fsp3) is 0.833. The number of hydrogen-bond acceptors (Lipinski definition) is 3. The molecule has 3 nitrogen and oxygen atoms in total. The van der Waals surface area contributed by atoms with E-state index in [0.717, 1.165) is 5.71 Å². The summed E-state index contributed by atoms with van der Waals surface area (Å²) in [6, 6.07) is 0. The van der Waals surface area contributed by atoms with Gasteiger partial charge in [-0.3, -0.25) is 4.79 Å². The molecule has 0 rings (SSSR count). The molecule has 0 aliphatic heterocycles. The van der Waals surface area contributed by atoms with E-state index in [1.807, 2.05) is 13.8 Å². The highest BCUT2D eigenvalue weighted by molar-refractivity contribution is 6.89. The average molecular weight is 273 g/mol. The maximum atomic E-state index is 11.4. The van der Waals surface area contributed by atoms with Gasteiger partial charge in [-0.15, -0.1) is 0 Å². The first-order valence-corrected chi connectivity index (χ1v) is 13.2. The maximum absolute atomic E-state index is 11.4. The molecular formula is C12H28N2OSi2. The van der Waals surface area contributed by atoms with Crippen molar-refractivity contribution in [3.63, 3.8) is 0 Å². The third-order valence-electron chi connectivity index (χ3n) is 2.39. The second kappa shape index (κ2) is 5.95. The Balaban J connectivity index is 4.99. The Morgan fingerprint density at radius 1 is 1.06 bits per heavy atom. The van der Waals surface area contributed by atoms with Gasteiger partial charge in [-0.05, 0) is 6.92 Å². The summed E-state index contributed by atoms with van der Waals surface area (Å²) in [4.78, 5) is 11.4. The smallest absolute Gasteiger partial charge is 0.158 e. The molecule has 0 spiro atoms. The molecule has 0 aromatic rings. The normalized spacial score (nSPS) is 13.8. The summed E-state index contributed by atoms with van der Waals surface area (Å²) in [5.74, 6) is 0.275. The molecular weight excluding hydrogens is 244 g/mol. The van der Waals surface area contributed by atoms with Crippen LogP contribution in [0, 0.1) is 0 Å². The SMILES string of the molecule is CCC(=O)C/C(C)=N/N([Si](C)(C)C)[Si](C)(C)C. The molecule has 5 heteroatoms. The molecule has 0 aromatic carbocycles. The summed E-state index contributed by atoms with van der Waals surface area (Å²) in [6.07, 6.45) is 1.11. The zero-order valence-electron chi connectivity index (χ0n) is 12.7. The van der Waals surface area contributed by atoms with Gasteiger partial charge in [0.2, 0.25) is 0 Å². The lowest BCUT2D eigenvalue weighted by Crippen LogP contribution is -2.56. The van der Waals surface area contributed by atoms with Crippen molar-refractivity contribution in [2.24, 2.45) is 5.10 Å². The second-order valence-electron chi connectivity index (χ2n) is 6.56. The minimum Gasteiger partial charge on any atom is -0.350 e. The van der Waals surface area contributed by atoms with Crippen molar-refractivity contribution >= 4 is 28.0 Å². The molecule has 0 atom stereocenters. The highest BCUT2D eigenvalue weighted by Gasteiger charge is 2.33. The molecule has 0 amide bonds. The molecule has 0 fully saturated rings.